The van der Waals surface area contributed by atoms with Crippen molar-refractivity contribution in [2.75, 3.05) is 19.8 Å². The highest BCUT2D eigenvalue weighted by Crippen LogP contribution is 2.18. The molecule has 1 aromatic carbocycles. The van der Waals surface area contributed by atoms with Crippen LogP contribution >= 0.6 is 0 Å². The number of rotatable bonds is 6. The molecule has 2 rings (SSSR count). The lowest BCUT2D eigenvalue weighted by atomic mass is 10.0. The summed E-state index contributed by atoms with van der Waals surface area (Å²) in [6.07, 6.45) is 5.04. The molecular weight excluding hydrogens is 226 g/mol. The van der Waals surface area contributed by atoms with Crippen molar-refractivity contribution in [2.45, 2.75) is 38.6 Å². The molecule has 0 aromatic heterocycles. The molecule has 0 radical (unpaired) electrons. The quantitative estimate of drug-likeness (QED) is 0.840. The average Bonchev–Trinajstić information content (AvgIpc) is 2.42. The van der Waals surface area contributed by atoms with Gasteiger partial charge in [-0.1, -0.05) is 6.42 Å². The fourth-order valence-corrected chi connectivity index (χ4v) is 2.29. The first-order valence-electron chi connectivity index (χ1n) is 6.97. The molecule has 18 heavy (non-hydrogen) atoms. The first kappa shape index (κ1) is 13.2. The van der Waals surface area contributed by atoms with E-state index in [4.69, 9.17) is 9.47 Å². The zero-order valence-electron chi connectivity index (χ0n) is 11.2. The highest BCUT2D eigenvalue weighted by molar-refractivity contribution is 5.31. The third kappa shape index (κ3) is 4.22. The summed E-state index contributed by atoms with van der Waals surface area (Å²) in [4.78, 5) is 0. The Balaban J connectivity index is 1.69. The van der Waals surface area contributed by atoms with Crippen LogP contribution in [0.4, 0.5) is 0 Å². The van der Waals surface area contributed by atoms with Gasteiger partial charge in [-0.2, -0.15) is 0 Å². The Labute approximate surface area is 109 Å². The zero-order valence-corrected chi connectivity index (χ0v) is 11.2. The third-order valence-electron chi connectivity index (χ3n) is 3.28. The van der Waals surface area contributed by atoms with Gasteiger partial charge in [-0.3, -0.25) is 0 Å². The number of piperidine rings is 1. The Hall–Kier alpha value is -1.22. The minimum atomic E-state index is 0.640. The van der Waals surface area contributed by atoms with Crippen molar-refractivity contribution in [3.05, 3.63) is 24.3 Å². The first-order chi connectivity index (χ1) is 8.88. The van der Waals surface area contributed by atoms with Gasteiger partial charge in [-0.05, 0) is 57.0 Å². The van der Waals surface area contributed by atoms with Gasteiger partial charge in [0, 0.05) is 6.04 Å². The molecule has 1 atom stereocenters. The van der Waals surface area contributed by atoms with Gasteiger partial charge in [0.15, 0.2) is 0 Å². The second kappa shape index (κ2) is 7.27. The summed E-state index contributed by atoms with van der Waals surface area (Å²) in [5.41, 5.74) is 0. The molecular formula is C15H23NO2. The summed E-state index contributed by atoms with van der Waals surface area (Å²) in [5.74, 6) is 1.83. The molecule has 1 saturated heterocycles. The van der Waals surface area contributed by atoms with Crippen molar-refractivity contribution in [1.82, 2.24) is 5.32 Å². The van der Waals surface area contributed by atoms with Crippen LogP contribution in [0.2, 0.25) is 0 Å². The predicted octanol–water partition coefficient (Wildman–Crippen LogP) is 3.00. The third-order valence-corrected chi connectivity index (χ3v) is 3.28. The summed E-state index contributed by atoms with van der Waals surface area (Å²) in [6.45, 7) is 4.63. The number of hydrogen-bond acceptors (Lipinski definition) is 3. The lowest BCUT2D eigenvalue weighted by molar-refractivity contribution is 0.267. The molecule has 100 valence electrons. The zero-order chi connectivity index (χ0) is 12.6. The summed E-state index contributed by atoms with van der Waals surface area (Å²) in [7, 11) is 0. The summed E-state index contributed by atoms with van der Waals surface area (Å²) in [5, 5.41) is 3.53. The maximum Gasteiger partial charge on any atom is 0.119 e. The Morgan fingerprint density at radius 1 is 1.11 bits per heavy atom. The number of nitrogens with one attached hydrogen (secondary N) is 1. The van der Waals surface area contributed by atoms with Crippen molar-refractivity contribution in [1.29, 1.82) is 0 Å². The van der Waals surface area contributed by atoms with Gasteiger partial charge in [0.05, 0.1) is 13.2 Å². The Morgan fingerprint density at radius 3 is 2.44 bits per heavy atom. The van der Waals surface area contributed by atoms with Gasteiger partial charge in [0.1, 0.15) is 11.5 Å². The molecule has 0 aliphatic carbocycles. The normalized spacial score (nSPS) is 19.5. The predicted molar refractivity (Wildman–Crippen MR) is 73.4 cm³/mol. The lowest BCUT2D eigenvalue weighted by Crippen LogP contribution is -2.35. The average molecular weight is 249 g/mol. The minimum absolute atomic E-state index is 0.640. The van der Waals surface area contributed by atoms with Crippen LogP contribution in [0.5, 0.6) is 11.5 Å². The fourth-order valence-electron chi connectivity index (χ4n) is 2.29. The minimum Gasteiger partial charge on any atom is -0.494 e. The molecule has 0 amide bonds. The molecule has 0 spiro atoms. The van der Waals surface area contributed by atoms with Crippen molar-refractivity contribution in [3.63, 3.8) is 0 Å². The van der Waals surface area contributed by atoms with E-state index in [-0.39, 0.29) is 0 Å². The van der Waals surface area contributed by atoms with E-state index in [1.807, 2.05) is 31.2 Å². The molecule has 1 N–H and O–H groups in total. The van der Waals surface area contributed by atoms with Gasteiger partial charge < -0.3 is 14.8 Å². The van der Waals surface area contributed by atoms with E-state index in [1.165, 1.54) is 19.3 Å². The molecule has 1 aliphatic rings. The topological polar surface area (TPSA) is 30.5 Å². The van der Waals surface area contributed by atoms with E-state index in [1.54, 1.807) is 0 Å². The van der Waals surface area contributed by atoms with Gasteiger partial charge in [0.2, 0.25) is 0 Å². The van der Waals surface area contributed by atoms with E-state index in [0.29, 0.717) is 12.6 Å². The molecule has 3 nitrogen and oxygen atoms in total. The van der Waals surface area contributed by atoms with E-state index in [0.717, 1.165) is 31.1 Å². The maximum absolute atomic E-state index is 5.75. The van der Waals surface area contributed by atoms with Crippen LogP contribution in [0.25, 0.3) is 0 Å². The van der Waals surface area contributed by atoms with Crippen LogP contribution < -0.4 is 14.8 Å². The molecule has 1 aromatic rings. The van der Waals surface area contributed by atoms with Gasteiger partial charge >= 0.3 is 0 Å². The number of hydrogen-bond donors (Lipinski definition) is 1. The Kier molecular flexibility index (Phi) is 5.34. The Morgan fingerprint density at radius 2 is 1.83 bits per heavy atom. The lowest BCUT2D eigenvalue weighted by Gasteiger charge is -2.23. The van der Waals surface area contributed by atoms with E-state index < -0.39 is 0 Å². The molecule has 3 heteroatoms. The fraction of sp³-hybridized carbons (Fsp3) is 0.600. The molecule has 1 aliphatic heterocycles. The second-order valence-corrected chi connectivity index (χ2v) is 4.69. The molecule has 1 unspecified atom stereocenters. The Bertz CT molecular complexity index is 331. The van der Waals surface area contributed by atoms with Crippen LogP contribution in [-0.2, 0) is 0 Å². The van der Waals surface area contributed by atoms with Gasteiger partial charge in [-0.25, -0.2) is 0 Å². The van der Waals surface area contributed by atoms with E-state index in [9.17, 15) is 0 Å². The van der Waals surface area contributed by atoms with Gasteiger partial charge in [-0.15, -0.1) is 0 Å². The molecule has 1 fully saturated rings. The van der Waals surface area contributed by atoms with Crippen molar-refractivity contribution >= 4 is 0 Å². The first-order valence-corrected chi connectivity index (χ1v) is 6.97. The highest BCUT2D eigenvalue weighted by atomic mass is 16.5. The van der Waals surface area contributed by atoms with Crippen LogP contribution in [0, 0.1) is 0 Å². The van der Waals surface area contributed by atoms with Crippen molar-refractivity contribution < 1.29 is 9.47 Å². The van der Waals surface area contributed by atoms with Crippen molar-refractivity contribution in [2.24, 2.45) is 0 Å². The summed E-state index contributed by atoms with van der Waals surface area (Å²) in [6, 6.07) is 8.50. The van der Waals surface area contributed by atoms with Crippen molar-refractivity contribution in [3.8, 4) is 11.5 Å². The van der Waals surface area contributed by atoms with Gasteiger partial charge in [0.25, 0.3) is 0 Å². The van der Waals surface area contributed by atoms with E-state index in [2.05, 4.69) is 5.32 Å². The van der Waals surface area contributed by atoms with Crippen LogP contribution in [0.1, 0.15) is 32.6 Å². The second-order valence-electron chi connectivity index (χ2n) is 4.69. The monoisotopic (exact) mass is 249 g/mol. The van der Waals surface area contributed by atoms with Crippen LogP contribution in [0.15, 0.2) is 24.3 Å². The highest BCUT2D eigenvalue weighted by Gasteiger charge is 2.11. The molecule has 1 heterocycles. The molecule has 0 saturated carbocycles. The van der Waals surface area contributed by atoms with E-state index >= 15 is 0 Å². The van der Waals surface area contributed by atoms with Crippen LogP contribution in [-0.4, -0.2) is 25.8 Å². The molecule has 0 bridgehead atoms. The SMILES string of the molecule is CCOc1ccc(OCCC2CCCCN2)cc1. The smallest absolute Gasteiger partial charge is 0.119 e. The summed E-state index contributed by atoms with van der Waals surface area (Å²) < 4.78 is 11.1. The standard InChI is InChI=1S/C15H23NO2/c1-2-17-14-6-8-15(9-7-14)18-12-10-13-5-3-4-11-16-13/h6-9,13,16H,2-5,10-12H2,1H3. The summed E-state index contributed by atoms with van der Waals surface area (Å²) >= 11 is 0. The maximum atomic E-state index is 5.75. The largest absolute Gasteiger partial charge is 0.494 e. The van der Waals surface area contributed by atoms with Crippen LogP contribution in [0.3, 0.4) is 0 Å². The number of benzene rings is 1. The number of ether oxygens (including phenoxy) is 2.